The van der Waals surface area contributed by atoms with Crippen molar-refractivity contribution in [2.45, 2.75) is 44.7 Å². The van der Waals surface area contributed by atoms with Crippen LogP contribution >= 0.6 is 24.0 Å². The summed E-state index contributed by atoms with van der Waals surface area (Å²) < 4.78 is 3.52. The topological polar surface area (TPSA) is 55.6 Å². The van der Waals surface area contributed by atoms with Crippen LogP contribution in [0.3, 0.4) is 0 Å². The van der Waals surface area contributed by atoms with Crippen molar-refractivity contribution < 1.29 is 0 Å². The van der Waals surface area contributed by atoms with Crippen molar-refractivity contribution >= 4 is 35.1 Å². The number of unbranched alkanes of at least 4 members (excludes halogenated alkanes) is 1. The highest BCUT2D eigenvalue weighted by atomic mass is 32.2. The Balaban J connectivity index is 2.23. The summed E-state index contributed by atoms with van der Waals surface area (Å²) in [6.07, 6.45) is 4.97. The number of nitrogens with one attached hydrogen (secondary N) is 1. The summed E-state index contributed by atoms with van der Waals surface area (Å²) in [6, 6.07) is 0. The van der Waals surface area contributed by atoms with Gasteiger partial charge in [0.05, 0.1) is 0 Å². The van der Waals surface area contributed by atoms with E-state index in [0.717, 1.165) is 16.4 Å². The van der Waals surface area contributed by atoms with Crippen molar-refractivity contribution in [2.24, 2.45) is 20.0 Å². The normalized spacial score (nSPS) is 12.9. The first-order valence-corrected chi connectivity index (χ1v) is 9.17. The first-order chi connectivity index (χ1) is 10.5. The Morgan fingerprint density at radius 1 is 1.32 bits per heavy atom. The van der Waals surface area contributed by atoms with Crippen LogP contribution < -0.4 is 5.69 Å². The summed E-state index contributed by atoms with van der Waals surface area (Å²) in [7, 11) is 3.42. The zero-order valence-electron chi connectivity index (χ0n) is 13.7. The highest BCUT2D eigenvalue weighted by Crippen LogP contribution is 2.24. The third-order valence-corrected chi connectivity index (χ3v) is 5.65. The van der Waals surface area contributed by atoms with Gasteiger partial charge in [-0.05, 0) is 12.3 Å². The molecule has 1 atom stereocenters. The summed E-state index contributed by atoms with van der Waals surface area (Å²) in [6.45, 7) is 4.47. The molecule has 0 aromatic carbocycles. The molecule has 2 heterocycles. The van der Waals surface area contributed by atoms with Gasteiger partial charge in [0.1, 0.15) is 10.2 Å². The van der Waals surface area contributed by atoms with E-state index >= 15 is 0 Å². The Morgan fingerprint density at radius 3 is 2.68 bits per heavy atom. The average molecular weight is 341 g/mol. The number of aryl methyl sites for hydroxylation is 1. The number of aromatic nitrogens is 4. The molecule has 0 amide bonds. The Morgan fingerprint density at radius 2 is 2.05 bits per heavy atom. The zero-order chi connectivity index (χ0) is 16.3. The summed E-state index contributed by atoms with van der Waals surface area (Å²) >= 11 is 7.06. The molecular weight excluding hydrogens is 316 g/mol. The maximum absolute atomic E-state index is 12.0. The maximum Gasteiger partial charge on any atom is 0.330 e. The van der Waals surface area contributed by atoms with Crippen LogP contribution in [-0.2, 0) is 14.1 Å². The van der Waals surface area contributed by atoms with Gasteiger partial charge in [0.15, 0.2) is 10.8 Å². The molecule has 22 heavy (non-hydrogen) atoms. The van der Waals surface area contributed by atoms with Gasteiger partial charge in [-0.2, -0.15) is 0 Å². The molecule has 1 N–H and O–H groups in total. The molecular formula is C15H24N4OS2. The van der Waals surface area contributed by atoms with Gasteiger partial charge in [-0.25, -0.2) is 9.78 Å². The first-order valence-electron chi connectivity index (χ1n) is 7.78. The average Bonchev–Trinajstić information content (AvgIpc) is 2.95. The van der Waals surface area contributed by atoms with E-state index in [-0.39, 0.29) is 5.69 Å². The molecule has 0 aliphatic rings. The zero-order valence-corrected chi connectivity index (χ0v) is 15.3. The van der Waals surface area contributed by atoms with E-state index < -0.39 is 0 Å². The van der Waals surface area contributed by atoms with Crippen LogP contribution in [0.2, 0.25) is 0 Å². The Hall–Kier alpha value is -1.08. The lowest BCUT2D eigenvalue weighted by molar-refractivity contribution is 0.499. The van der Waals surface area contributed by atoms with Crippen molar-refractivity contribution in [3.63, 3.8) is 0 Å². The van der Waals surface area contributed by atoms with Crippen LogP contribution in [0.1, 0.15) is 39.5 Å². The SMILES string of the molecule is CCCC[C@@H](CC)CSc1nc2c([nH]1)c(=S)n(C)c(=O)n2C. The molecule has 122 valence electrons. The van der Waals surface area contributed by atoms with E-state index in [2.05, 4.69) is 23.8 Å². The predicted octanol–water partition coefficient (Wildman–Crippen LogP) is 3.64. The molecule has 7 heteroatoms. The van der Waals surface area contributed by atoms with E-state index in [1.807, 2.05) is 0 Å². The van der Waals surface area contributed by atoms with Crippen molar-refractivity contribution in [2.75, 3.05) is 5.75 Å². The Bertz CT molecular complexity index is 759. The van der Waals surface area contributed by atoms with Crippen molar-refractivity contribution in [3.8, 4) is 0 Å². The lowest BCUT2D eigenvalue weighted by atomic mass is 10.0. The van der Waals surface area contributed by atoms with Gasteiger partial charge in [-0.15, -0.1) is 0 Å². The highest BCUT2D eigenvalue weighted by Gasteiger charge is 2.13. The minimum Gasteiger partial charge on any atom is -0.329 e. The first kappa shape index (κ1) is 17.3. The van der Waals surface area contributed by atoms with Crippen LogP contribution in [0.25, 0.3) is 11.2 Å². The highest BCUT2D eigenvalue weighted by molar-refractivity contribution is 7.99. The molecule has 5 nitrogen and oxygen atoms in total. The third-order valence-electron chi connectivity index (χ3n) is 4.07. The van der Waals surface area contributed by atoms with Crippen LogP contribution in [0.4, 0.5) is 0 Å². The van der Waals surface area contributed by atoms with Crippen molar-refractivity contribution in [3.05, 3.63) is 15.1 Å². The van der Waals surface area contributed by atoms with Gasteiger partial charge in [-0.1, -0.05) is 57.1 Å². The fourth-order valence-corrected chi connectivity index (χ4v) is 3.81. The summed E-state index contributed by atoms with van der Waals surface area (Å²) in [5.41, 5.74) is 1.26. The maximum atomic E-state index is 12.0. The van der Waals surface area contributed by atoms with Gasteiger partial charge < -0.3 is 4.98 Å². The van der Waals surface area contributed by atoms with E-state index in [1.54, 1.807) is 30.4 Å². The number of rotatable bonds is 7. The van der Waals surface area contributed by atoms with Gasteiger partial charge >= 0.3 is 5.69 Å². The Labute approximate surface area is 140 Å². The van der Waals surface area contributed by atoms with Gasteiger partial charge in [-0.3, -0.25) is 9.13 Å². The number of hydrogen-bond acceptors (Lipinski definition) is 4. The Kier molecular flexibility index (Phi) is 5.86. The minimum absolute atomic E-state index is 0.144. The number of thioether (sulfide) groups is 1. The lowest BCUT2D eigenvalue weighted by Gasteiger charge is -2.12. The lowest BCUT2D eigenvalue weighted by Crippen LogP contribution is -2.27. The summed E-state index contributed by atoms with van der Waals surface area (Å²) in [4.78, 5) is 19.9. The molecule has 0 aliphatic heterocycles. The number of fused-ring (bicyclic) bond motifs is 1. The summed E-state index contributed by atoms with van der Waals surface area (Å²) in [5.74, 6) is 1.75. The molecule has 0 saturated heterocycles. The molecule has 0 aliphatic carbocycles. The fourth-order valence-electron chi connectivity index (χ4n) is 2.47. The van der Waals surface area contributed by atoms with E-state index in [0.29, 0.717) is 16.2 Å². The molecule has 2 aromatic heterocycles. The molecule has 0 bridgehead atoms. The molecule has 0 fully saturated rings. The van der Waals surface area contributed by atoms with Crippen LogP contribution in [-0.4, -0.2) is 24.9 Å². The third kappa shape index (κ3) is 3.46. The van der Waals surface area contributed by atoms with Crippen LogP contribution in [0.5, 0.6) is 0 Å². The van der Waals surface area contributed by atoms with Crippen LogP contribution in [0.15, 0.2) is 9.95 Å². The molecule has 2 rings (SSSR count). The number of imidazole rings is 1. The standard InChI is InChI=1S/C15H24N4OS2/c1-5-7-8-10(6-2)9-22-14-16-11-12(17-14)18(3)15(20)19(4)13(11)21/h10H,5-9H2,1-4H3,(H,16,17)/t10-/m1/s1. The quantitative estimate of drug-likeness (QED) is 0.617. The fraction of sp³-hybridized carbons (Fsp3) is 0.667. The molecule has 0 unspecified atom stereocenters. The largest absolute Gasteiger partial charge is 0.330 e. The second-order valence-electron chi connectivity index (χ2n) is 5.67. The van der Waals surface area contributed by atoms with Crippen molar-refractivity contribution in [1.29, 1.82) is 0 Å². The van der Waals surface area contributed by atoms with Crippen molar-refractivity contribution in [1.82, 2.24) is 19.1 Å². The predicted molar refractivity (Wildman–Crippen MR) is 95.2 cm³/mol. The van der Waals surface area contributed by atoms with Gasteiger partial charge in [0.2, 0.25) is 0 Å². The summed E-state index contributed by atoms with van der Waals surface area (Å²) in [5, 5.41) is 0.845. The van der Waals surface area contributed by atoms with Gasteiger partial charge in [0, 0.05) is 19.8 Å². The number of hydrogen-bond donors (Lipinski definition) is 1. The molecule has 0 radical (unpaired) electrons. The monoisotopic (exact) mass is 340 g/mol. The smallest absolute Gasteiger partial charge is 0.329 e. The van der Waals surface area contributed by atoms with E-state index in [1.165, 1.54) is 30.3 Å². The number of H-pyrrole nitrogens is 1. The van der Waals surface area contributed by atoms with E-state index in [4.69, 9.17) is 12.2 Å². The molecule has 2 aromatic rings. The second-order valence-corrected chi connectivity index (χ2v) is 7.07. The second kappa shape index (κ2) is 7.46. The molecule has 0 spiro atoms. The molecule has 0 saturated carbocycles. The van der Waals surface area contributed by atoms with Crippen LogP contribution in [0, 0.1) is 10.6 Å². The number of aromatic amines is 1. The van der Waals surface area contributed by atoms with E-state index in [9.17, 15) is 4.79 Å². The number of nitrogens with zero attached hydrogens (tertiary/aromatic N) is 3. The van der Waals surface area contributed by atoms with Gasteiger partial charge in [0.25, 0.3) is 0 Å². The minimum atomic E-state index is -0.144.